The van der Waals surface area contributed by atoms with E-state index in [0.29, 0.717) is 5.82 Å². The van der Waals surface area contributed by atoms with Crippen LogP contribution in [-0.4, -0.2) is 20.2 Å². The summed E-state index contributed by atoms with van der Waals surface area (Å²) in [6.07, 6.45) is 0. The number of hydrogen-bond acceptors (Lipinski definition) is 3. The van der Waals surface area contributed by atoms with Crippen LogP contribution in [0.1, 0.15) is 31.9 Å². The van der Waals surface area contributed by atoms with E-state index in [1.165, 1.54) is 11.1 Å². The lowest BCUT2D eigenvalue weighted by Gasteiger charge is -2.18. The van der Waals surface area contributed by atoms with Crippen LogP contribution in [0.5, 0.6) is 0 Å². The minimum absolute atomic E-state index is 0.144. The Labute approximate surface area is 130 Å². The zero-order valence-corrected chi connectivity index (χ0v) is 13.4. The van der Waals surface area contributed by atoms with Crippen molar-refractivity contribution in [1.29, 1.82) is 0 Å². The normalized spacial score (nSPS) is 11.6. The standard InChI is InChI=1S/C18H20N4/c1-13-5-11-16(12-6-13)22-20-17(19-21-22)14-7-9-15(10-8-14)18(2,3)4/h5-12H,1-4H3. The zero-order chi connectivity index (χ0) is 15.7. The summed E-state index contributed by atoms with van der Waals surface area (Å²) in [5.74, 6) is 0.640. The van der Waals surface area contributed by atoms with Crippen LogP contribution in [0.3, 0.4) is 0 Å². The predicted octanol–water partition coefficient (Wildman–Crippen LogP) is 3.94. The summed E-state index contributed by atoms with van der Waals surface area (Å²) >= 11 is 0. The van der Waals surface area contributed by atoms with E-state index >= 15 is 0 Å². The molecule has 4 nitrogen and oxygen atoms in total. The van der Waals surface area contributed by atoms with Gasteiger partial charge in [-0.1, -0.05) is 62.7 Å². The van der Waals surface area contributed by atoms with E-state index in [4.69, 9.17) is 0 Å². The number of aromatic nitrogens is 4. The Balaban J connectivity index is 1.89. The first-order valence-corrected chi connectivity index (χ1v) is 7.41. The predicted molar refractivity (Wildman–Crippen MR) is 88.0 cm³/mol. The molecule has 0 unspecified atom stereocenters. The molecule has 112 valence electrons. The van der Waals surface area contributed by atoms with Gasteiger partial charge in [0.15, 0.2) is 0 Å². The fourth-order valence-corrected chi connectivity index (χ4v) is 2.24. The minimum atomic E-state index is 0.144. The van der Waals surface area contributed by atoms with Gasteiger partial charge in [0.25, 0.3) is 0 Å². The second-order valence-electron chi connectivity index (χ2n) is 6.57. The molecule has 1 aromatic heterocycles. The number of rotatable bonds is 2. The van der Waals surface area contributed by atoms with Crippen LogP contribution in [0.4, 0.5) is 0 Å². The number of hydrogen-bond donors (Lipinski definition) is 0. The van der Waals surface area contributed by atoms with Gasteiger partial charge in [0.1, 0.15) is 0 Å². The molecule has 1 heterocycles. The highest BCUT2D eigenvalue weighted by Gasteiger charge is 2.14. The molecular weight excluding hydrogens is 272 g/mol. The maximum absolute atomic E-state index is 4.47. The molecule has 0 aliphatic carbocycles. The number of aryl methyl sites for hydroxylation is 1. The quantitative estimate of drug-likeness (QED) is 0.718. The highest BCUT2D eigenvalue weighted by molar-refractivity contribution is 5.55. The van der Waals surface area contributed by atoms with Crippen LogP contribution < -0.4 is 0 Å². The molecule has 3 rings (SSSR count). The Bertz CT molecular complexity index is 762. The number of benzene rings is 2. The highest BCUT2D eigenvalue weighted by Crippen LogP contribution is 2.24. The fraction of sp³-hybridized carbons (Fsp3) is 0.278. The topological polar surface area (TPSA) is 43.6 Å². The molecule has 0 saturated carbocycles. The summed E-state index contributed by atoms with van der Waals surface area (Å²) in [7, 11) is 0. The smallest absolute Gasteiger partial charge is 0.130 e. The molecule has 4 heteroatoms. The van der Waals surface area contributed by atoms with Crippen LogP contribution in [0.25, 0.3) is 17.1 Å². The van der Waals surface area contributed by atoms with E-state index < -0.39 is 0 Å². The molecular formula is C18H20N4. The van der Waals surface area contributed by atoms with E-state index in [9.17, 15) is 0 Å². The summed E-state index contributed by atoms with van der Waals surface area (Å²) in [5.41, 5.74) is 4.54. The summed E-state index contributed by atoms with van der Waals surface area (Å²) in [6, 6.07) is 16.4. The lowest BCUT2D eigenvalue weighted by molar-refractivity contribution is 0.590. The van der Waals surface area contributed by atoms with Crippen molar-refractivity contribution in [2.75, 3.05) is 0 Å². The molecule has 0 N–H and O–H groups in total. The lowest BCUT2D eigenvalue weighted by atomic mass is 9.87. The van der Waals surface area contributed by atoms with E-state index in [1.54, 1.807) is 4.80 Å². The maximum atomic E-state index is 4.47. The van der Waals surface area contributed by atoms with Gasteiger partial charge in [-0.2, -0.15) is 0 Å². The van der Waals surface area contributed by atoms with Gasteiger partial charge in [-0.05, 0) is 35.2 Å². The van der Waals surface area contributed by atoms with Crippen molar-refractivity contribution < 1.29 is 0 Å². The SMILES string of the molecule is Cc1ccc(-n2nnc(-c3ccc(C(C)(C)C)cc3)n2)cc1. The third-order valence-electron chi connectivity index (χ3n) is 3.69. The van der Waals surface area contributed by atoms with Crippen molar-refractivity contribution in [3.8, 4) is 17.1 Å². The molecule has 0 amide bonds. The van der Waals surface area contributed by atoms with Crippen LogP contribution in [-0.2, 0) is 5.41 Å². The Morgan fingerprint density at radius 3 is 2.09 bits per heavy atom. The van der Waals surface area contributed by atoms with Crippen LogP contribution in [0.15, 0.2) is 48.5 Å². The van der Waals surface area contributed by atoms with Gasteiger partial charge in [0, 0.05) is 5.56 Å². The molecule has 0 spiro atoms. The van der Waals surface area contributed by atoms with Crippen molar-refractivity contribution in [2.45, 2.75) is 33.1 Å². The van der Waals surface area contributed by atoms with Gasteiger partial charge in [-0.15, -0.1) is 15.0 Å². The third kappa shape index (κ3) is 2.91. The van der Waals surface area contributed by atoms with E-state index in [0.717, 1.165) is 11.3 Å². The van der Waals surface area contributed by atoms with Gasteiger partial charge in [-0.3, -0.25) is 0 Å². The van der Waals surface area contributed by atoms with Gasteiger partial charge < -0.3 is 0 Å². The molecule has 2 aromatic carbocycles. The largest absolute Gasteiger partial charge is 0.205 e. The summed E-state index contributed by atoms with van der Waals surface area (Å²) in [5, 5.41) is 12.8. The Hall–Kier alpha value is -2.49. The Kier molecular flexibility index (Phi) is 3.53. The number of tetrazole rings is 1. The van der Waals surface area contributed by atoms with Crippen molar-refractivity contribution in [1.82, 2.24) is 20.2 Å². The molecule has 0 saturated heterocycles. The molecule has 22 heavy (non-hydrogen) atoms. The molecule has 0 radical (unpaired) electrons. The summed E-state index contributed by atoms with van der Waals surface area (Å²) < 4.78 is 0. The maximum Gasteiger partial charge on any atom is 0.205 e. The lowest BCUT2D eigenvalue weighted by Crippen LogP contribution is -2.10. The zero-order valence-electron chi connectivity index (χ0n) is 13.4. The minimum Gasteiger partial charge on any atom is -0.130 e. The van der Waals surface area contributed by atoms with Gasteiger partial charge in [-0.25, -0.2) is 0 Å². The Morgan fingerprint density at radius 2 is 1.50 bits per heavy atom. The van der Waals surface area contributed by atoms with Gasteiger partial charge in [0.2, 0.25) is 5.82 Å². The molecule has 0 aliphatic rings. The molecule has 0 aliphatic heterocycles. The van der Waals surface area contributed by atoms with Gasteiger partial charge in [0.05, 0.1) is 5.69 Å². The van der Waals surface area contributed by atoms with Crippen LogP contribution in [0.2, 0.25) is 0 Å². The van der Waals surface area contributed by atoms with Crippen molar-refractivity contribution in [3.63, 3.8) is 0 Å². The van der Waals surface area contributed by atoms with Crippen molar-refractivity contribution >= 4 is 0 Å². The van der Waals surface area contributed by atoms with E-state index in [-0.39, 0.29) is 5.41 Å². The van der Waals surface area contributed by atoms with Gasteiger partial charge >= 0.3 is 0 Å². The first-order valence-electron chi connectivity index (χ1n) is 7.41. The molecule has 3 aromatic rings. The first kappa shape index (κ1) is 14.4. The highest BCUT2D eigenvalue weighted by atomic mass is 15.6. The molecule has 0 fully saturated rings. The summed E-state index contributed by atoms with van der Waals surface area (Å²) in [6.45, 7) is 8.66. The van der Waals surface area contributed by atoms with Crippen LogP contribution in [0, 0.1) is 6.92 Å². The third-order valence-corrected chi connectivity index (χ3v) is 3.69. The van der Waals surface area contributed by atoms with E-state index in [1.807, 2.05) is 24.3 Å². The average Bonchev–Trinajstić information content (AvgIpc) is 2.97. The summed E-state index contributed by atoms with van der Waals surface area (Å²) in [4.78, 5) is 1.56. The molecule has 0 atom stereocenters. The van der Waals surface area contributed by atoms with Crippen molar-refractivity contribution in [3.05, 3.63) is 59.7 Å². The van der Waals surface area contributed by atoms with Crippen LogP contribution >= 0.6 is 0 Å². The molecule has 0 bridgehead atoms. The van der Waals surface area contributed by atoms with Crippen molar-refractivity contribution in [2.24, 2.45) is 0 Å². The first-order chi connectivity index (χ1) is 10.4. The Morgan fingerprint density at radius 1 is 0.864 bits per heavy atom. The fourth-order valence-electron chi connectivity index (χ4n) is 2.24. The number of nitrogens with zero attached hydrogens (tertiary/aromatic N) is 4. The van der Waals surface area contributed by atoms with E-state index in [2.05, 4.69) is 67.4 Å². The average molecular weight is 292 g/mol. The second-order valence-corrected chi connectivity index (χ2v) is 6.57. The second kappa shape index (κ2) is 5.37. The monoisotopic (exact) mass is 292 g/mol.